The molecule has 3 heteroatoms. The summed E-state index contributed by atoms with van der Waals surface area (Å²) < 4.78 is 7.43. The Kier molecular flexibility index (Phi) is 7.40. The molecular weight excluding hydrogens is 219 g/mol. The van der Waals surface area contributed by atoms with Crippen molar-refractivity contribution in [2.24, 2.45) is 0 Å². The molecule has 0 radical (unpaired) electrons. The van der Waals surface area contributed by atoms with Gasteiger partial charge in [-0.05, 0) is 3.93 Å². The molecule has 2 nitrogen and oxygen atoms in total. The van der Waals surface area contributed by atoms with Crippen LogP contribution in [0.5, 0.6) is 0 Å². The first-order chi connectivity index (χ1) is 3.91. The van der Waals surface area contributed by atoms with Gasteiger partial charge < -0.3 is 9.84 Å². The second kappa shape index (κ2) is 7.21. The van der Waals surface area contributed by atoms with E-state index in [1.807, 2.05) is 22.6 Å². The van der Waals surface area contributed by atoms with Gasteiger partial charge in [0, 0.05) is 22.6 Å². The van der Waals surface area contributed by atoms with Crippen molar-refractivity contribution in [3.8, 4) is 9.85 Å². The molecule has 0 rings (SSSR count). The molecule has 1 N–H and O–H groups in total. The molecular formula is C5H7IO2. The average Bonchev–Trinajstić information content (AvgIpc) is 1.81. The Labute approximate surface area is 62.4 Å². The molecule has 0 aromatic rings. The zero-order valence-corrected chi connectivity index (χ0v) is 6.51. The van der Waals surface area contributed by atoms with Crippen LogP contribution in [0.15, 0.2) is 0 Å². The third-order valence-corrected chi connectivity index (χ3v) is 0.858. The summed E-state index contributed by atoms with van der Waals surface area (Å²) >= 11 is 1.94. The topological polar surface area (TPSA) is 29.5 Å². The van der Waals surface area contributed by atoms with Gasteiger partial charge in [-0.15, -0.1) is 0 Å². The predicted octanol–water partition coefficient (Wildman–Crippen LogP) is 0.391. The Morgan fingerprint density at radius 1 is 1.62 bits per heavy atom. The average molecular weight is 226 g/mol. The van der Waals surface area contributed by atoms with Gasteiger partial charge in [-0.3, -0.25) is 0 Å². The summed E-state index contributed by atoms with van der Waals surface area (Å²) in [6.45, 7) is 0.873. The quantitative estimate of drug-likeness (QED) is 0.428. The van der Waals surface area contributed by atoms with Crippen LogP contribution >= 0.6 is 22.6 Å². The minimum absolute atomic E-state index is 0.0723. The zero-order chi connectivity index (χ0) is 6.24. The molecule has 0 heterocycles. The van der Waals surface area contributed by atoms with E-state index in [1.165, 1.54) is 0 Å². The Bertz CT molecular complexity index is 92.3. The van der Waals surface area contributed by atoms with Gasteiger partial charge in [0.1, 0.15) is 6.61 Å². The molecule has 0 saturated heterocycles. The Balaban J connectivity index is 2.79. The molecule has 0 spiro atoms. The molecule has 0 aromatic carbocycles. The van der Waals surface area contributed by atoms with Gasteiger partial charge >= 0.3 is 0 Å². The molecule has 0 atom stereocenters. The van der Waals surface area contributed by atoms with Gasteiger partial charge in [0.15, 0.2) is 0 Å². The SMILES string of the molecule is OCCOCC#CI. The third kappa shape index (κ3) is 6.21. The van der Waals surface area contributed by atoms with Crippen molar-refractivity contribution in [3.63, 3.8) is 0 Å². The summed E-state index contributed by atoms with van der Waals surface area (Å²) in [6.07, 6.45) is 0. The van der Waals surface area contributed by atoms with Crippen LogP contribution in [0.25, 0.3) is 0 Å². The lowest BCUT2D eigenvalue weighted by Gasteiger charge is -1.91. The highest BCUT2D eigenvalue weighted by Crippen LogP contribution is 1.73. The van der Waals surface area contributed by atoms with E-state index in [1.54, 1.807) is 0 Å². The van der Waals surface area contributed by atoms with E-state index >= 15 is 0 Å². The fraction of sp³-hybridized carbons (Fsp3) is 0.600. The monoisotopic (exact) mass is 226 g/mol. The minimum atomic E-state index is 0.0723. The van der Waals surface area contributed by atoms with Crippen molar-refractivity contribution in [2.45, 2.75) is 0 Å². The first-order valence-corrected chi connectivity index (χ1v) is 3.26. The van der Waals surface area contributed by atoms with Crippen LogP contribution in [-0.2, 0) is 4.74 Å². The number of ether oxygens (including phenoxy) is 1. The zero-order valence-electron chi connectivity index (χ0n) is 4.35. The third-order valence-electron chi connectivity index (χ3n) is 0.477. The number of hydrogen-bond donors (Lipinski definition) is 1. The summed E-state index contributed by atoms with van der Waals surface area (Å²) in [5.74, 6) is 2.69. The lowest BCUT2D eigenvalue weighted by Crippen LogP contribution is -1.98. The Morgan fingerprint density at radius 2 is 2.38 bits per heavy atom. The smallest absolute Gasteiger partial charge is 0.108 e. The normalized spacial score (nSPS) is 7.75. The Morgan fingerprint density at radius 3 is 2.88 bits per heavy atom. The van der Waals surface area contributed by atoms with Crippen LogP contribution in [0.3, 0.4) is 0 Å². The minimum Gasteiger partial charge on any atom is -0.394 e. The summed E-state index contributed by atoms with van der Waals surface area (Å²) in [7, 11) is 0. The van der Waals surface area contributed by atoms with Crippen LogP contribution < -0.4 is 0 Å². The van der Waals surface area contributed by atoms with Crippen LogP contribution in [0.1, 0.15) is 0 Å². The first-order valence-electron chi connectivity index (χ1n) is 2.19. The maximum atomic E-state index is 8.19. The number of rotatable bonds is 3. The molecule has 0 bridgehead atoms. The highest BCUT2D eigenvalue weighted by molar-refractivity contribution is 14.1. The lowest BCUT2D eigenvalue weighted by atomic mass is 10.7. The standard InChI is InChI=1S/C5H7IO2/c6-2-1-4-8-5-3-7/h7H,3-5H2. The van der Waals surface area contributed by atoms with Crippen molar-refractivity contribution < 1.29 is 9.84 Å². The number of aliphatic hydroxyl groups excluding tert-OH is 1. The fourth-order valence-corrected chi connectivity index (χ4v) is 0.371. The van der Waals surface area contributed by atoms with E-state index < -0.39 is 0 Å². The molecule has 0 saturated carbocycles. The number of halogens is 1. The van der Waals surface area contributed by atoms with Crippen LogP contribution in [0, 0.1) is 9.85 Å². The predicted molar refractivity (Wildman–Crippen MR) is 39.7 cm³/mol. The highest BCUT2D eigenvalue weighted by Gasteiger charge is 1.77. The Hall–Kier alpha value is 0.210. The first kappa shape index (κ1) is 8.21. The molecule has 0 aliphatic carbocycles. The van der Waals surface area contributed by atoms with Crippen molar-refractivity contribution in [1.29, 1.82) is 0 Å². The van der Waals surface area contributed by atoms with Crippen molar-refractivity contribution in [1.82, 2.24) is 0 Å². The summed E-state index contributed by atoms with van der Waals surface area (Å²) in [4.78, 5) is 0. The summed E-state index contributed by atoms with van der Waals surface area (Å²) in [5, 5.41) is 8.19. The maximum absolute atomic E-state index is 8.19. The number of aliphatic hydroxyl groups is 1. The molecule has 0 aliphatic heterocycles. The second-order valence-corrected chi connectivity index (χ2v) is 1.59. The van der Waals surface area contributed by atoms with Crippen LogP contribution in [-0.4, -0.2) is 24.9 Å². The van der Waals surface area contributed by atoms with Gasteiger partial charge in [-0.1, -0.05) is 5.92 Å². The van der Waals surface area contributed by atoms with Gasteiger partial charge in [-0.2, -0.15) is 0 Å². The second-order valence-electron chi connectivity index (χ2n) is 1.05. The largest absolute Gasteiger partial charge is 0.394 e. The van der Waals surface area contributed by atoms with Gasteiger partial charge in [-0.25, -0.2) is 0 Å². The maximum Gasteiger partial charge on any atom is 0.108 e. The van der Waals surface area contributed by atoms with Crippen molar-refractivity contribution >= 4 is 22.6 Å². The summed E-state index contributed by atoms with van der Waals surface area (Å²) in [5.41, 5.74) is 0. The van der Waals surface area contributed by atoms with Crippen LogP contribution in [0.2, 0.25) is 0 Å². The summed E-state index contributed by atoms with van der Waals surface area (Å²) in [6, 6.07) is 0. The molecule has 0 aromatic heterocycles. The van der Waals surface area contributed by atoms with E-state index in [-0.39, 0.29) is 6.61 Å². The van der Waals surface area contributed by atoms with Crippen molar-refractivity contribution in [2.75, 3.05) is 19.8 Å². The van der Waals surface area contributed by atoms with Gasteiger partial charge in [0.05, 0.1) is 13.2 Å². The molecule has 0 unspecified atom stereocenters. The van der Waals surface area contributed by atoms with Crippen LogP contribution in [0.4, 0.5) is 0 Å². The van der Waals surface area contributed by atoms with Gasteiger partial charge in [0.25, 0.3) is 0 Å². The van der Waals surface area contributed by atoms with Gasteiger partial charge in [0.2, 0.25) is 0 Å². The lowest BCUT2D eigenvalue weighted by molar-refractivity contribution is 0.115. The van der Waals surface area contributed by atoms with Crippen molar-refractivity contribution in [3.05, 3.63) is 0 Å². The van der Waals surface area contributed by atoms with E-state index in [0.717, 1.165) is 0 Å². The molecule has 8 heavy (non-hydrogen) atoms. The van der Waals surface area contributed by atoms with E-state index in [4.69, 9.17) is 9.84 Å². The number of hydrogen-bond acceptors (Lipinski definition) is 2. The molecule has 0 amide bonds. The molecule has 0 aliphatic rings. The fourth-order valence-electron chi connectivity index (χ4n) is 0.215. The highest BCUT2D eigenvalue weighted by atomic mass is 127. The van der Waals surface area contributed by atoms with E-state index in [2.05, 4.69) is 9.85 Å². The molecule has 46 valence electrons. The molecule has 0 fully saturated rings. The van der Waals surface area contributed by atoms with E-state index in [0.29, 0.717) is 13.2 Å². The van der Waals surface area contributed by atoms with E-state index in [9.17, 15) is 0 Å².